The van der Waals surface area contributed by atoms with Crippen LogP contribution in [0.4, 0.5) is 0 Å². The predicted octanol–water partition coefficient (Wildman–Crippen LogP) is 1.83. The van der Waals surface area contributed by atoms with Crippen LogP contribution in [0.1, 0.15) is 5.56 Å². The first-order valence-electron chi connectivity index (χ1n) is 4.20. The van der Waals surface area contributed by atoms with Crippen LogP contribution in [-0.2, 0) is 0 Å². The SMILES string of the molecule is NC/C=C/c1ccc2sc(=O)oc2c1. The van der Waals surface area contributed by atoms with E-state index < -0.39 is 0 Å². The zero-order valence-corrected chi connectivity index (χ0v) is 8.21. The summed E-state index contributed by atoms with van der Waals surface area (Å²) < 4.78 is 5.86. The zero-order chi connectivity index (χ0) is 9.97. The monoisotopic (exact) mass is 207 g/mol. The van der Waals surface area contributed by atoms with Crippen LogP contribution in [0.2, 0.25) is 0 Å². The normalized spacial score (nSPS) is 11.5. The molecule has 0 aliphatic heterocycles. The fraction of sp³-hybridized carbons (Fsp3) is 0.100. The van der Waals surface area contributed by atoms with E-state index in [0.29, 0.717) is 12.1 Å². The summed E-state index contributed by atoms with van der Waals surface area (Å²) in [6, 6.07) is 5.64. The third-order valence-corrected chi connectivity index (χ3v) is 2.61. The second kappa shape index (κ2) is 3.77. The van der Waals surface area contributed by atoms with Crippen molar-refractivity contribution in [3.63, 3.8) is 0 Å². The van der Waals surface area contributed by atoms with Crippen LogP contribution in [0.3, 0.4) is 0 Å². The highest BCUT2D eigenvalue weighted by atomic mass is 32.1. The Kier molecular flexibility index (Phi) is 2.47. The number of hydrogen-bond acceptors (Lipinski definition) is 4. The summed E-state index contributed by atoms with van der Waals surface area (Å²) in [4.78, 5) is 10.7. The van der Waals surface area contributed by atoms with E-state index in [1.165, 1.54) is 0 Å². The number of hydrogen-bond donors (Lipinski definition) is 1. The lowest BCUT2D eigenvalue weighted by atomic mass is 10.2. The van der Waals surface area contributed by atoms with E-state index in [4.69, 9.17) is 10.2 Å². The average Bonchev–Trinajstić information content (AvgIpc) is 2.54. The van der Waals surface area contributed by atoms with Crippen LogP contribution in [0.25, 0.3) is 16.4 Å². The van der Waals surface area contributed by atoms with Gasteiger partial charge in [0.25, 0.3) is 0 Å². The minimum Gasteiger partial charge on any atom is -0.414 e. The Balaban J connectivity index is 2.50. The smallest absolute Gasteiger partial charge is 0.396 e. The maximum absolute atomic E-state index is 10.9. The van der Waals surface area contributed by atoms with Gasteiger partial charge < -0.3 is 10.2 Å². The summed E-state index contributed by atoms with van der Waals surface area (Å²) >= 11 is 1.11. The van der Waals surface area contributed by atoms with Gasteiger partial charge in [-0.2, -0.15) is 0 Å². The molecule has 0 saturated heterocycles. The lowest BCUT2D eigenvalue weighted by molar-refractivity contribution is 0.585. The summed E-state index contributed by atoms with van der Waals surface area (Å²) in [5.74, 6) is 0. The fourth-order valence-electron chi connectivity index (χ4n) is 1.20. The van der Waals surface area contributed by atoms with E-state index in [9.17, 15) is 4.79 Å². The molecule has 0 radical (unpaired) electrons. The molecule has 2 rings (SSSR count). The summed E-state index contributed by atoms with van der Waals surface area (Å²) in [6.07, 6.45) is 3.75. The van der Waals surface area contributed by atoms with Gasteiger partial charge in [-0.3, -0.25) is 0 Å². The molecule has 0 aliphatic rings. The van der Waals surface area contributed by atoms with Gasteiger partial charge in [-0.15, -0.1) is 0 Å². The molecule has 0 atom stereocenters. The van der Waals surface area contributed by atoms with Gasteiger partial charge in [0.05, 0.1) is 4.70 Å². The fourth-order valence-corrected chi connectivity index (χ4v) is 1.85. The average molecular weight is 207 g/mol. The summed E-state index contributed by atoms with van der Waals surface area (Å²) in [6.45, 7) is 0.506. The van der Waals surface area contributed by atoms with Gasteiger partial charge in [-0.1, -0.05) is 29.6 Å². The third-order valence-electron chi connectivity index (χ3n) is 1.80. The van der Waals surface area contributed by atoms with Crippen molar-refractivity contribution in [1.82, 2.24) is 0 Å². The third kappa shape index (κ3) is 1.76. The number of fused-ring (bicyclic) bond motifs is 1. The molecule has 1 aromatic heterocycles. The minimum atomic E-state index is -0.264. The highest BCUT2D eigenvalue weighted by Crippen LogP contribution is 2.18. The molecular formula is C10H9NO2S. The first-order valence-corrected chi connectivity index (χ1v) is 5.01. The molecule has 14 heavy (non-hydrogen) atoms. The van der Waals surface area contributed by atoms with Crippen molar-refractivity contribution in [2.24, 2.45) is 5.73 Å². The molecule has 0 unspecified atom stereocenters. The first kappa shape index (κ1) is 9.18. The molecule has 0 amide bonds. The molecule has 0 aliphatic carbocycles. The van der Waals surface area contributed by atoms with Crippen LogP contribution >= 0.6 is 11.3 Å². The molecule has 2 aromatic rings. The lowest BCUT2D eigenvalue weighted by Gasteiger charge is -1.91. The van der Waals surface area contributed by atoms with Crippen molar-refractivity contribution >= 4 is 27.7 Å². The van der Waals surface area contributed by atoms with Crippen molar-refractivity contribution in [2.45, 2.75) is 0 Å². The molecule has 3 nitrogen and oxygen atoms in total. The molecule has 1 aromatic carbocycles. The van der Waals surface area contributed by atoms with Crippen molar-refractivity contribution in [3.8, 4) is 0 Å². The van der Waals surface area contributed by atoms with E-state index in [2.05, 4.69) is 0 Å². The van der Waals surface area contributed by atoms with Crippen molar-refractivity contribution in [3.05, 3.63) is 39.6 Å². The Labute approximate surface area is 84.5 Å². The molecule has 0 saturated carbocycles. The van der Waals surface area contributed by atoms with Gasteiger partial charge in [-0.05, 0) is 17.7 Å². The second-order valence-electron chi connectivity index (χ2n) is 2.80. The lowest BCUT2D eigenvalue weighted by Crippen LogP contribution is -1.91. The van der Waals surface area contributed by atoms with Crippen molar-refractivity contribution in [2.75, 3.05) is 6.54 Å². The standard InChI is InChI=1S/C10H9NO2S/c11-5-1-2-7-3-4-9-8(6-7)13-10(12)14-9/h1-4,6H,5,11H2/b2-1+. The maximum atomic E-state index is 10.9. The zero-order valence-electron chi connectivity index (χ0n) is 7.40. The maximum Gasteiger partial charge on any atom is 0.396 e. The van der Waals surface area contributed by atoms with Gasteiger partial charge in [-0.25, -0.2) is 4.79 Å². The quantitative estimate of drug-likeness (QED) is 0.817. The summed E-state index contributed by atoms with van der Waals surface area (Å²) in [5.41, 5.74) is 6.96. The van der Waals surface area contributed by atoms with Gasteiger partial charge >= 0.3 is 4.94 Å². The van der Waals surface area contributed by atoms with E-state index in [0.717, 1.165) is 21.6 Å². The predicted molar refractivity (Wildman–Crippen MR) is 58.4 cm³/mol. The highest BCUT2D eigenvalue weighted by molar-refractivity contribution is 7.16. The van der Waals surface area contributed by atoms with Crippen molar-refractivity contribution < 1.29 is 4.42 Å². The van der Waals surface area contributed by atoms with Gasteiger partial charge in [0.2, 0.25) is 0 Å². The molecule has 0 spiro atoms. The molecular weight excluding hydrogens is 198 g/mol. The number of benzene rings is 1. The van der Waals surface area contributed by atoms with Crippen LogP contribution < -0.4 is 10.7 Å². The Morgan fingerprint density at radius 2 is 2.36 bits per heavy atom. The van der Waals surface area contributed by atoms with E-state index in [-0.39, 0.29) is 4.94 Å². The molecule has 0 bridgehead atoms. The Bertz CT molecular complexity index is 524. The van der Waals surface area contributed by atoms with Gasteiger partial charge in [0.15, 0.2) is 0 Å². The second-order valence-corrected chi connectivity index (χ2v) is 3.78. The molecule has 1 heterocycles. The minimum absolute atomic E-state index is 0.264. The molecule has 0 fully saturated rings. The van der Waals surface area contributed by atoms with Crippen LogP contribution in [0, 0.1) is 0 Å². The van der Waals surface area contributed by atoms with E-state index in [1.807, 2.05) is 30.4 Å². The summed E-state index contributed by atoms with van der Waals surface area (Å²) in [7, 11) is 0. The summed E-state index contributed by atoms with van der Waals surface area (Å²) in [5, 5.41) is 0. The van der Waals surface area contributed by atoms with Crippen LogP contribution in [0.15, 0.2) is 33.5 Å². The van der Waals surface area contributed by atoms with E-state index >= 15 is 0 Å². The number of nitrogens with two attached hydrogens (primary N) is 1. The molecule has 72 valence electrons. The molecule has 4 heteroatoms. The van der Waals surface area contributed by atoms with Gasteiger partial charge in [0.1, 0.15) is 5.58 Å². The van der Waals surface area contributed by atoms with Crippen molar-refractivity contribution in [1.29, 1.82) is 0 Å². The Morgan fingerprint density at radius 1 is 1.50 bits per heavy atom. The van der Waals surface area contributed by atoms with E-state index in [1.54, 1.807) is 0 Å². The Hall–Kier alpha value is -1.39. The first-order chi connectivity index (χ1) is 6.79. The number of rotatable bonds is 2. The topological polar surface area (TPSA) is 56.2 Å². The van der Waals surface area contributed by atoms with Crippen LogP contribution in [0.5, 0.6) is 0 Å². The Morgan fingerprint density at radius 3 is 3.14 bits per heavy atom. The van der Waals surface area contributed by atoms with Gasteiger partial charge in [0, 0.05) is 6.54 Å². The highest BCUT2D eigenvalue weighted by Gasteiger charge is 2.00. The molecule has 2 N–H and O–H groups in total. The van der Waals surface area contributed by atoms with Crippen LogP contribution in [-0.4, -0.2) is 6.54 Å². The largest absolute Gasteiger partial charge is 0.414 e.